The van der Waals surface area contributed by atoms with Crippen LogP contribution in [0.5, 0.6) is 5.88 Å². The van der Waals surface area contributed by atoms with Gasteiger partial charge in [0.2, 0.25) is 5.88 Å². The van der Waals surface area contributed by atoms with Gasteiger partial charge in [-0.3, -0.25) is 14.3 Å². The maximum atomic E-state index is 13.6. The van der Waals surface area contributed by atoms with E-state index in [2.05, 4.69) is 12.2 Å². The summed E-state index contributed by atoms with van der Waals surface area (Å²) in [4.78, 5) is 32.8. The van der Waals surface area contributed by atoms with Crippen LogP contribution in [0, 0.1) is 6.92 Å². The van der Waals surface area contributed by atoms with E-state index in [9.17, 15) is 9.59 Å². The van der Waals surface area contributed by atoms with Crippen LogP contribution in [0.1, 0.15) is 59.9 Å². The molecule has 0 spiro atoms. The van der Waals surface area contributed by atoms with E-state index in [4.69, 9.17) is 21.3 Å². The molecule has 8 heteroatoms. The van der Waals surface area contributed by atoms with Gasteiger partial charge in [-0.15, -0.1) is 0 Å². The van der Waals surface area contributed by atoms with Gasteiger partial charge in [-0.1, -0.05) is 60.8 Å². The summed E-state index contributed by atoms with van der Waals surface area (Å²) in [6.07, 6.45) is 3.85. The standard InChI is InChI=1S/C27H31ClN4O3/c1-3-4-14-32(25(33)21-11-8-12-22(28)17-21)24-26(31-15-6-5-13-23(31)30-24)35-27(34)29-18-20-10-7-9-19(2)16-20/h7-12,16-17H,3-6,13-15,18H2,1-2H3,(H,29,34). The van der Waals surface area contributed by atoms with Crippen molar-refractivity contribution < 1.29 is 14.3 Å². The Balaban J connectivity index is 1.63. The van der Waals surface area contributed by atoms with Crippen LogP contribution in [0.4, 0.5) is 10.6 Å². The van der Waals surface area contributed by atoms with Crippen molar-refractivity contribution in [2.24, 2.45) is 0 Å². The second kappa shape index (κ2) is 11.4. The molecule has 3 aromatic rings. The highest BCUT2D eigenvalue weighted by Gasteiger charge is 2.30. The van der Waals surface area contributed by atoms with Crippen molar-refractivity contribution in [2.45, 2.75) is 59.0 Å². The Morgan fingerprint density at radius 2 is 2.00 bits per heavy atom. The molecule has 1 aliphatic heterocycles. The third-order valence-corrected chi connectivity index (χ3v) is 6.27. The third kappa shape index (κ3) is 6.03. The van der Waals surface area contributed by atoms with Gasteiger partial charge in [0.25, 0.3) is 5.91 Å². The second-order valence-electron chi connectivity index (χ2n) is 8.82. The van der Waals surface area contributed by atoms with Crippen molar-refractivity contribution in [1.82, 2.24) is 14.9 Å². The highest BCUT2D eigenvalue weighted by atomic mass is 35.5. The molecule has 0 saturated carbocycles. The molecule has 2 aromatic carbocycles. The fourth-order valence-electron chi connectivity index (χ4n) is 4.24. The molecule has 2 amide bonds. The maximum Gasteiger partial charge on any atom is 0.414 e. The lowest BCUT2D eigenvalue weighted by Gasteiger charge is -2.22. The van der Waals surface area contributed by atoms with Crippen molar-refractivity contribution in [3.05, 3.63) is 76.1 Å². The topological polar surface area (TPSA) is 76.5 Å². The van der Waals surface area contributed by atoms with Gasteiger partial charge in [-0.05, 0) is 49.9 Å². The van der Waals surface area contributed by atoms with Crippen LogP contribution in [0.15, 0.2) is 48.5 Å². The monoisotopic (exact) mass is 494 g/mol. The van der Waals surface area contributed by atoms with Gasteiger partial charge in [0, 0.05) is 36.6 Å². The number of halogens is 1. The number of unbranched alkanes of at least 4 members (excludes halogenated alkanes) is 1. The first-order valence-electron chi connectivity index (χ1n) is 12.1. The molecule has 7 nitrogen and oxygen atoms in total. The number of nitrogens with zero attached hydrogens (tertiary/aromatic N) is 3. The predicted molar refractivity (Wildman–Crippen MR) is 137 cm³/mol. The summed E-state index contributed by atoms with van der Waals surface area (Å²) in [5.74, 6) is 1.30. The number of rotatable bonds is 8. The van der Waals surface area contributed by atoms with E-state index in [0.29, 0.717) is 41.9 Å². The van der Waals surface area contributed by atoms with E-state index in [1.807, 2.05) is 35.8 Å². The number of aryl methyl sites for hydroxylation is 2. The lowest BCUT2D eigenvalue weighted by molar-refractivity contribution is 0.0984. The zero-order valence-corrected chi connectivity index (χ0v) is 21.0. The number of ether oxygens (including phenoxy) is 1. The molecule has 4 rings (SSSR count). The summed E-state index contributed by atoms with van der Waals surface area (Å²) in [6, 6.07) is 14.8. The number of nitrogens with one attached hydrogen (secondary N) is 1. The number of imidazole rings is 1. The average Bonchev–Trinajstić information content (AvgIpc) is 3.21. The SMILES string of the molecule is CCCCN(C(=O)c1cccc(Cl)c1)c1nc2n(c1OC(=O)NCc1cccc(C)c1)CCCC2. The molecule has 35 heavy (non-hydrogen) atoms. The van der Waals surface area contributed by atoms with Crippen molar-refractivity contribution >= 4 is 29.4 Å². The zero-order valence-electron chi connectivity index (χ0n) is 20.2. The first kappa shape index (κ1) is 24.8. The van der Waals surface area contributed by atoms with Crippen LogP contribution in [-0.4, -0.2) is 28.1 Å². The fourth-order valence-corrected chi connectivity index (χ4v) is 4.43. The molecule has 0 aliphatic carbocycles. The number of amides is 2. The smallest absolute Gasteiger partial charge is 0.389 e. The Kier molecular flexibility index (Phi) is 8.08. The molecule has 0 radical (unpaired) electrons. The molecule has 0 bridgehead atoms. The van der Waals surface area contributed by atoms with E-state index in [-0.39, 0.29) is 5.91 Å². The van der Waals surface area contributed by atoms with Crippen LogP contribution in [0.3, 0.4) is 0 Å². The lowest BCUT2D eigenvalue weighted by Crippen LogP contribution is -2.34. The van der Waals surface area contributed by atoms with Crippen LogP contribution in [-0.2, 0) is 19.5 Å². The van der Waals surface area contributed by atoms with Gasteiger partial charge < -0.3 is 10.1 Å². The van der Waals surface area contributed by atoms with Gasteiger partial charge >= 0.3 is 6.09 Å². The zero-order chi connectivity index (χ0) is 24.8. The molecule has 0 fully saturated rings. The second-order valence-corrected chi connectivity index (χ2v) is 9.25. The largest absolute Gasteiger partial charge is 0.414 e. The summed E-state index contributed by atoms with van der Waals surface area (Å²) >= 11 is 6.15. The van der Waals surface area contributed by atoms with E-state index < -0.39 is 6.09 Å². The van der Waals surface area contributed by atoms with E-state index >= 15 is 0 Å². The number of hydrogen-bond acceptors (Lipinski definition) is 4. The van der Waals surface area contributed by atoms with Gasteiger partial charge in [0.15, 0.2) is 5.82 Å². The fraction of sp³-hybridized carbons (Fsp3) is 0.370. The number of anilines is 1. The number of aromatic nitrogens is 2. The summed E-state index contributed by atoms with van der Waals surface area (Å²) in [6.45, 7) is 5.57. The Labute approximate surface area is 211 Å². The van der Waals surface area contributed by atoms with Gasteiger partial charge in [-0.25, -0.2) is 9.78 Å². The maximum absolute atomic E-state index is 13.6. The van der Waals surface area contributed by atoms with Crippen LogP contribution in [0.2, 0.25) is 5.02 Å². The number of benzene rings is 2. The molecule has 0 saturated heterocycles. The first-order valence-corrected chi connectivity index (χ1v) is 12.5. The normalized spacial score (nSPS) is 12.7. The molecule has 184 valence electrons. The third-order valence-electron chi connectivity index (χ3n) is 6.03. The Bertz CT molecular complexity index is 1210. The number of fused-ring (bicyclic) bond motifs is 1. The van der Waals surface area contributed by atoms with Crippen molar-refractivity contribution in [3.63, 3.8) is 0 Å². The highest BCUT2D eigenvalue weighted by Crippen LogP contribution is 2.34. The van der Waals surface area contributed by atoms with Crippen LogP contribution in [0.25, 0.3) is 0 Å². The molecule has 2 heterocycles. The molecule has 1 N–H and O–H groups in total. The average molecular weight is 495 g/mol. The minimum absolute atomic E-state index is 0.221. The molecule has 0 unspecified atom stereocenters. The Morgan fingerprint density at radius 1 is 1.17 bits per heavy atom. The van der Waals surface area contributed by atoms with E-state index in [1.54, 1.807) is 29.2 Å². The minimum atomic E-state index is -0.577. The molecular formula is C27H31ClN4O3. The number of carbonyl (C=O) groups excluding carboxylic acids is 2. The van der Waals surface area contributed by atoms with Gasteiger partial charge in [-0.2, -0.15) is 0 Å². The quantitative estimate of drug-likeness (QED) is 0.422. The van der Waals surface area contributed by atoms with E-state index in [1.165, 1.54) is 0 Å². The summed E-state index contributed by atoms with van der Waals surface area (Å²) in [5, 5.41) is 3.31. The van der Waals surface area contributed by atoms with E-state index in [0.717, 1.165) is 49.1 Å². The molecule has 1 aliphatic rings. The highest BCUT2D eigenvalue weighted by molar-refractivity contribution is 6.31. The first-order chi connectivity index (χ1) is 17.0. The van der Waals surface area contributed by atoms with Crippen molar-refractivity contribution in [2.75, 3.05) is 11.4 Å². The van der Waals surface area contributed by atoms with Crippen LogP contribution >= 0.6 is 11.6 Å². The van der Waals surface area contributed by atoms with Gasteiger partial charge in [0.05, 0.1) is 0 Å². The summed E-state index contributed by atoms with van der Waals surface area (Å²) in [7, 11) is 0. The lowest BCUT2D eigenvalue weighted by atomic mass is 10.1. The van der Waals surface area contributed by atoms with Crippen molar-refractivity contribution in [3.8, 4) is 5.88 Å². The van der Waals surface area contributed by atoms with Gasteiger partial charge in [0.1, 0.15) is 5.82 Å². The molecule has 1 aromatic heterocycles. The molecule has 0 atom stereocenters. The summed E-state index contributed by atoms with van der Waals surface area (Å²) in [5.41, 5.74) is 2.57. The Morgan fingerprint density at radius 3 is 2.77 bits per heavy atom. The molecular weight excluding hydrogens is 464 g/mol. The van der Waals surface area contributed by atoms with Crippen molar-refractivity contribution in [1.29, 1.82) is 0 Å². The predicted octanol–water partition coefficient (Wildman–Crippen LogP) is 5.92. The summed E-state index contributed by atoms with van der Waals surface area (Å²) < 4.78 is 7.76. The minimum Gasteiger partial charge on any atom is -0.389 e. The van der Waals surface area contributed by atoms with Crippen LogP contribution < -0.4 is 15.0 Å². The number of carbonyl (C=O) groups is 2. The Hall–Kier alpha value is -3.32. The number of hydrogen-bond donors (Lipinski definition) is 1.